The quantitative estimate of drug-likeness (QED) is 0.314. The van der Waals surface area contributed by atoms with Gasteiger partial charge in [-0.1, -0.05) is 36.9 Å². The minimum Gasteiger partial charge on any atom is -0.497 e. The third-order valence-electron chi connectivity index (χ3n) is 6.12. The van der Waals surface area contributed by atoms with Gasteiger partial charge in [0.1, 0.15) is 5.75 Å². The van der Waals surface area contributed by atoms with E-state index < -0.39 is 0 Å². The molecule has 2 aromatic carbocycles. The third-order valence-corrected chi connectivity index (χ3v) is 8.03. The van der Waals surface area contributed by atoms with Crippen LogP contribution in [0, 0.1) is 0 Å². The maximum atomic E-state index is 13.3. The number of benzene rings is 2. The van der Waals surface area contributed by atoms with E-state index in [2.05, 4.69) is 28.6 Å². The molecular formula is C26H26N4O2S2. The maximum Gasteiger partial charge on any atom is 0.233 e. The summed E-state index contributed by atoms with van der Waals surface area (Å²) in [6.45, 7) is 2.92. The topological polar surface area (TPSA) is 60.3 Å². The van der Waals surface area contributed by atoms with Gasteiger partial charge >= 0.3 is 0 Å². The van der Waals surface area contributed by atoms with Crippen molar-refractivity contribution in [3.8, 4) is 22.8 Å². The van der Waals surface area contributed by atoms with Crippen LogP contribution in [0.2, 0.25) is 0 Å². The van der Waals surface area contributed by atoms with E-state index in [-0.39, 0.29) is 11.9 Å². The number of thiophene rings is 1. The summed E-state index contributed by atoms with van der Waals surface area (Å²) in [6, 6.07) is 20.1. The van der Waals surface area contributed by atoms with E-state index >= 15 is 0 Å². The highest BCUT2D eigenvalue weighted by Crippen LogP contribution is 2.36. The first-order valence-electron chi connectivity index (χ1n) is 11.3. The third kappa shape index (κ3) is 4.35. The van der Waals surface area contributed by atoms with Crippen LogP contribution in [0.1, 0.15) is 29.8 Å². The van der Waals surface area contributed by atoms with Crippen LogP contribution in [0.25, 0.3) is 17.1 Å². The van der Waals surface area contributed by atoms with Crippen LogP contribution < -0.4 is 4.74 Å². The van der Waals surface area contributed by atoms with Crippen LogP contribution in [0.4, 0.5) is 0 Å². The van der Waals surface area contributed by atoms with E-state index in [0.29, 0.717) is 10.9 Å². The fraction of sp³-hybridized carbons (Fsp3) is 0.269. The van der Waals surface area contributed by atoms with Crippen molar-refractivity contribution in [2.45, 2.75) is 31.0 Å². The van der Waals surface area contributed by atoms with E-state index in [1.165, 1.54) is 22.2 Å². The second-order valence-electron chi connectivity index (χ2n) is 8.05. The number of nitrogens with zero attached hydrogens (tertiary/aromatic N) is 4. The van der Waals surface area contributed by atoms with E-state index in [1.54, 1.807) is 18.4 Å². The smallest absolute Gasteiger partial charge is 0.233 e. The average molecular weight is 491 g/mol. The monoisotopic (exact) mass is 490 g/mol. The van der Waals surface area contributed by atoms with Crippen molar-refractivity contribution in [1.82, 2.24) is 19.7 Å². The highest BCUT2D eigenvalue weighted by molar-refractivity contribution is 7.99. The van der Waals surface area contributed by atoms with Crippen molar-refractivity contribution < 1.29 is 9.53 Å². The number of amides is 1. The van der Waals surface area contributed by atoms with Crippen LogP contribution in [-0.4, -0.2) is 45.0 Å². The summed E-state index contributed by atoms with van der Waals surface area (Å²) in [5, 5.41) is 11.8. The highest BCUT2D eigenvalue weighted by atomic mass is 32.2. The summed E-state index contributed by atoms with van der Waals surface area (Å²) in [6.07, 6.45) is 1.85. The molecule has 4 aromatic rings. The Balaban J connectivity index is 1.40. The van der Waals surface area contributed by atoms with Crippen molar-refractivity contribution in [3.05, 3.63) is 76.5 Å². The van der Waals surface area contributed by atoms with E-state index in [1.807, 2.05) is 64.1 Å². The van der Waals surface area contributed by atoms with Crippen molar-refractivity contribution in [3.63, 3.8) is 0 Å². The molecule has 3 heterocycles. The lowest BCUT2D eigenvalue weighted by Crippen LogP contribution is -2.40. The molecule has 0 saturated heterocycles. The van der Waals surface area contributed by atoms with Gasteiger partial charge in [0.25, 0.3) is 0 Å². The van der Waals surface area contributed by atoms with Crippen molar-refractivity contribution in [2.24, 2.45) is 0 Å². The number of methoxy groups -OCH3 is 1. The Kier molecular flexibility index (Phi) is 6.69. The van der Waals surface area contributed by atoms with Crippen molar-refractivity contribution in [1.29, 1.82) is 0 Å². The molecule has 0 spiro atoms. The molecule has 5 rings (SSSR count). The predicted molar refractivity (Wildman–Crippen MR) is 137 cm³/mol. The zero-order valence-electron chi connectivity index (χ0n) is 19.2. The Morgan fingerprint density at radius 1 is 1.12 bits per heavy atom. The SMILES string of the molecule is CCC1c2ccsc2CCN1C(=O)CSc1nnc(-c2ccc(OC)cc2)n1-c1ccccc1. The van der Waals surface area contributed by atoms with E-state index in [4.69, 9.17) is 4.74 Å². The minimum atomic E-state index is 0.141. The van der Waals surface area contributed by atoms with Gasteiger partial charge in [-0.3, -0.25) is 9.36 Å². The lowest BCUT2D eigenvalue weighted by Gasteiger charge is -2.35. The van der Waals surface area contributed by atoms with Crippen LogP contribution in [0.15, 0.2) is 71.2 Å². The molecule has 1 aliphatic rings. The summed E-state index contributed by atoms with van der Waals surface area (Å²) in [7, 11) is 1.65. The fourth-order valence-corrected chi connectivity index (χ4v) is 6.21. The van der Waals surface area contributed by atoms with Crippen molar-refractivity contribution >= 4 is 29.0 Å². The molecule has 0 bridgehead atoms. The Morgan fingerprint density at radius 2 is 1.91 bits per heavy atom. The molecule has 1 atom stereocenters. The van der Waals surface area contributed by atoms with Gasteiger partial charge in [-0.25, -0.2) is 0 Å². The Labute approximate surface area is 207 Å². The molecule has 2 aromatic heterocycles. The number of hydrogen-bond acceptors (Lipinski definition) is 6. The molecule has 1 amide bonds. The number of carbonyl (C=O) groups is 1. The van der Waals surface area contributed by atoms with Gasteiger partial charge in [0.2, 0.25) is 5.91 Å². The Bertz CT molecular complexity index is 1270. The van der Waals surface area contributed by atoms with Crippen LogP contribution in [0.3, 0.4) is 0 Å². The molecular weight excluding hydrogens is 464 g/mol. The Morgan fingerprint density at radius 3 is 2.65 bits per heavy atom. The van der Waals surface area contributed by atoms with Crippen LogP contribution >= 0.6 is 23.1 Å². The molecule has 174 valence electrons. The van der Waals surface area contributed by atoms with Crippen molar-refractivity contribution in [2.75, 3.05) is 19.4 Å². The Hall–Kier alpha value is -3.10. The first-order valence-corrected chi connectivity index (χ1v) is 13.2. The van der Waals surface area contributed by atoms with E-state index in [0.717, 1.165) is 42.2 Å². The summed E-state index contributed by atoms with van der Waals surface area (Å²) in [5.74, 6) is 1.98. The van der Waals surface area contributed by atoms with Crippen LogP contribution in [-0.2, 0) is 11.2 Å². The number of rotatable bonds is 7. The van der Waals surface area contributed by atoms with Gasteiger partial charge in [-0.2, -0.15) is 0 Å². The summed E-state index contributed by atoms with van der Waals surface area (Å²) in [4.78, 5) is 16.8. The maximum absolute atomic E-state index is 13.3. The number of hydrogen-bond donors (Lipinski definition) is 0. The number of ether oxygens (including phenoxy) is 1. The molecule has 0 fully saturated rings. The molecule has 1 aliphatic heterocycles. The number of carbonyl (C=O) groups excluding carboxylic acids is 1. The predicted octanol–water partition coefficient (Wildman–Crippen LogP) is 5.63. The number of thioether (sulfide) groups is 1. The summed E-state index contributed by atoms with van der Waals surface area (Å²) < 4.78 is 7.31. The van der Waals surface area contributed by atoms with Gasteiger partial charge in [0.15, 0.2) is 11.0 Å². The fourth-order valence-electron chi connectivity index (χ4n) is 4.44. The van der Waals surface area contributed by atoms with Crippen LogP contribution in [0.5, 0.6) is 5.75 Å². The molecule has 1 unspecified atom stereocenters. The number of aromatic nitrogens is 3. The van der Waals surface area contributed by atoms with Gasteiger partial charge < -0.3 is 9.64 Å². The number of fused-ring (bicyclic) bond motifs is 1. The lowest BCUT2D eigenvalue weighted by molar-refractivity contribution is -0.131. The van der Waals surface area contributed by atoms with Gasteiger partial charge in [-0.05, 0) is 66.2 Å². The average Bonchev–Trinajstić information content (AvgIpc) is 3.54. The first-order chi connectivity index (χ1) is 16.7. The second-order valence-corrected chi connectivity index (χ2v) is 10.00. The minimum absolute atomic E-state index is 0.141. The van der Waals surface area contributed by atoms with Gasteiger partial charge in [0.05, 0.1) is 18.9 Å². The van der Waals surface area contributed by atoms with Gasteiger partial charge in [0, 0.05) is 22.7 Å². The summed E-state index contributed by atoms with van der Waals surface area (Å²) in [5.41, 5.74) is 3.20. The molecule has 0 aliphatic carbocycles. The lowest BCUT2D eigenvalue weighted by atomic mass is 9.98. The number of para-hydroxylation sites is 1. The summed E-state index contributed by atoms with van der Waals surface area (Å²) >= 11 is 3.24. The zero-order chi connectivity index (χ0) is 23.5. The highest BCUT2D eigenvalue weighted by Gasteiger charge is 2.30. The molecule has 0 saturated carbocycles. The second kappa shape index (κ2) is 10.0. The molecule has 6 nitrogen and oxygen atoms in total. The van der Waals surface area contributed by atoms with Gasteiger partial charge in [-0.15, -0.1) is 21.5 Å². The normalized spacial score (nSPS) is 15.2. The molecule has 34 heavy (non-hydrogen) atoms. The standard InChI is InChI=1S/C26H26N4O2S2/c1-3-22-21-14-16-33-23(21)13-15-29(22)24(31)17-34-26-28-27-25(18-9-11-20(32-2)12-10-18)30(26)19-7-5-4-6-8-19/h4-12,14,16,22H,3,13,15,17H2,1-2H3. The zero-order valence-corrected chi connectivity index (χ0v) is 20.8. The molecule has 0 N–H and O–H groups in total. The molecule has 0 radical (unpaired) electrons. The first kappa shape index (κ1) is 22.7. The van der Waals surface area contributed by atoms with E-state index in [9.17, 15) is 4.79 Å². The largest absolute Gasteiger partial charge is 0.497 e. The molecule has 8 heteroatoms.